The zero-order valence-electron chi connectivity index (χ0n) is 17.5. The van der Waals surface area contributed by atoms with E-state index in [1.807, 2.05) is 12.1 Å². The molecule has 0 heterocycles. The molecule has 0 fully saturated rings. The van der Waals surface area contributed by atoms with Gasteiger partial charge in [0.1, 0.15) is 5.75 Å². The Morgan fingerprint density at radius 3 is 2.09 bits per heavy atom. The zero-order valence-corrected chi connectivity index (χ0v) is 17.5. The Morgan fingerprint density at radius 2 is 1.55 bits per heavy atom. The van der Waals surface area contributed by atoms with Crippen LogP contribution in [-0.4, -0.2) is 12.1 Å². The van der Waals surface area contributed by atoms with Gasteiger partial charge < -0.3 is 9.47 Å². The second-order valence-electron chi connectivity index (χ2n) is 7.10. The summed E-state index contributed by atoms with van der Waals surface area (Å²) >= 11 is 0. The summed E-state index contributed by atoms with van der Waals surface area (Å²) in [4.78, 5) is 12.3. The van der Waals surface area contributed by atoms with Gasteiger partial charge in [-0.1, -0.05) is 49.7 Å². The van der Waals surface area contributed by atoms with Gasteiger partial charge in [0.25, 0.3) is 6.08 Å². The lowest BCUT2D eigenvalue weighted by molar-refractivity contribution is -0.135. The summed E-state index contributed by atoms with van der Waals surface area (Å²) in [6.45, 7) is 2.11. The molecule has 0 unspecified atom stereocenters. The van der Waals surface area contributed by atoms with Gasteiger partial charge in [-0.2, -0.15) is 17.6 Å². The van der Waals surface area contributed by atoms with Crippen molar-refractivity contribution in [3.8, 4) is 22.6 Å². The third-order valence-corrected chi connectivity index (χ3v) is 4.58. The maximum absolute atomic E-state index is 14.1. The van der Waals surface area contributed by atoms with Crippen molar-refractivity contribution in [2.45, 2.75) is 25.9 Å². The van der Waals surface area contributed by atoms with Crippen molar-refractivity contribution < 1.29 is 36.2 Å². The Kier molecular flexibility index (Phi) is 7.48. The Hall–Kier alpha value is -3.68. The highest BCUT2D eigenvalue weighted by Gasteiger charge is 2.31. The highest BCUT2D eigenvalue weighted by molar-refractivity contribution is 5.91. The number of hydrogen-bond acceptors (Lipinski definition) is 3. The average Bonchev–Trinajstić information content (AvgIpc) is 2.75. The quantitative estimate of drug-likeness (QED) is 0.199. The van der Waals surface area contributed by atoms with Crippen LogP contribution in [0.2, 0.25) is 0 Å². The molecule has 0 aliphatic carbocycles. The fourth-order valence-corrected chi connectivity index (χ4v) is 3.05. The lowest BCUT2D eigenvalue weighted by Crippen LogP contribution is -2.22. The molecule has 8 heteroatoms. The van der Waals surface area contributed by atoms with Gasteiger partial charge in [-0.25, -0.2) is 9.18 Å². The SMILES string of the molecule is CCCc1ccc(-c2ccc(OC(=O)c3ccc(OC(F)(F)C=C(F)F)c(F)c3)cc2)cc1. The maximum atomic E-state index is 14.1. The number of ether oxygens (including phenoxy) is 2. The van der Waals surface area contributed by atoms with Gasteiger partial charge in [-0.05, 0) is 53.4 Å². The predicted octanol–water partition coefficient (Wildman–Crippen LogP) is 7.42. The molecule has 3 rings (SSSR count). The Morgan fingerprint density at radius 1 is 0.939 bits per heavy atom. The number of carbonyl (C=O) groups excluding carboxylic acids is 1. The van der Waals surface area contributed by atoms with Crippen LogP contribution in [-0.2, 0) is 6.42 Å². The van der Waals surface area contributed by atoms with Gasteiger partial charge >= 0.3 is 12.1 Å². The van der Waals surface area contributed by atoms with Crippen LogP contribution in [0, 0.1) is 5.82 Å². The molecule has 0 aromatic heterocycles. The lowest BCUT2D eigenvalue weighted by atomic mass is 10.0. The van der Waals surface area contributed by atoms with Gasteiger partial charge in [0.15, 0.2) is 11.6 Å². The van der Waals surface area contributed by atoms with Crippen LogP contribution < -0.4 is 9.47 Å². The number of alkyl halides is 2. The van der Waals surface area contributed by atoms with Crippen LogP contribution in [0.5, 0.6) is 11.5 Å². The molecule has 0 spiro atoms. The van der Waals surface area contributed by atoms with Gasteiger partial charge in [0.05, 0.1) is 11.6 Å². The molecule has 0 saturated carbocycles. The van der Waals surface area contributed by atoms with E-state index in [1.54, 1.807) is 24.3 Å². The van der Waals surface area contributed by atoms with Crippen LogP contribution in [0.4, 0.5) is 22.0 Å². The molecule has 172 valence electrons. The van der Waals surface area contributed by atoms with Crippen LogP contribution in [0.1, 0.15) is 29.3 Å². The average molecular weight is 462 g/mol. The monoisotopic (exact) mass is 462 g/mol. The van der Waals surface area contributed by atoms with Crippen molar-refractivity contribution in [2.75, 3.05) is 0 Å². The van der Waals surface area contributed by atoms with Crippen molar-refractivity contribution in [3.05, 3.63) is 95.8 Å². The van der Waals surface area contributed by atoms with Gasteiger partial charge in [0, 0.05) is 0 Å². The summed E-state index contributed by atoms with van der Waals surface area (Å²) in [6, 6.07) is 17.1. The van der Waals surface area contributed by atoms with Crippen molar-refractivity contribution in [1.29, 1.82) is 0 Å². The minimum atomic E-state index is -4.42. The first-order chi connectivity index (χ1) is 15.7. The van der Waals surface area contributed by atoms with E-state index in [-0.39, 0.29) is 11.3 Å². The fraction of sp³-hybridized carbons (Fsp3) is 0.160. The summed E-state index contributed by atoms with van der Waals surface area (Å²) in [6.07, 6.45) is -5.79. The Labute approximate surface area is 187 Å². The molecule has 3 aromatic rings. The standard InChI is InChI=1S/C25H19F5O3/c1-2-3-16-4-6-17(7-5-16)18-8-11-20(12-9-18)32-24(31)19-10-13-22(21(26)14-19)33-25(29,30)15-23(27)28/h4-15H,2-3H2,1H3. The van der Waals surface area contributed by atoms with E-state index in [1.165, 1.54) is 5.56 Å². The smallest absolute Gasteiger partial charge is 0.425 e. The highest BCUT2D eigenvalue weighted by atomic mass is 19.3. The molecule has 3 aromatic carbocycles. The Balaban J connectivity index is 1.67. The highest BCUT2D eigenvalue weighted by Crippen LogP contribution is 2.28. The minimum absolute atomic E-state index is 0.196. The molecule has 3 nitrogen and oxygen atoms in total. The second kappa shape index (κ2) is 10.3. The first-order valence-electron chi connectivity index (χ1n) is 9.98. The van der Waals surface area contributed by atoms with Crippen LogP contribution in [0.25, 0.3) is 11.1 Å². The normalized spacial score (nSPS) is 11.1. The van der Waals surface area contributed by atoms with Gasteiger partial charge in [0.2, 0.25) is 0 Å². The predicted molar refractivity (Wildman–Crippen MR) is 113 cm³/mol. The van der Waals surface area contributed by atoms with Crippen LogP contribution in [0.15, 0.2) is 78.9 Å². The number of rotatable bonds is 8. The molecular formula is C25H19F5O3. The Bertz CT molecular complexity index is 1140. The van der Waals surface area contributed by atoms with Crippen LogP contribution >= 0.6 is 0 Å². The van der Waals surface area contributed by atoms with Gasteiger partial charge in [-0.15, -0.1) is 0 Å². The van der Waals surface area contributed by atoms with E-state index in [0.717, 1.165) is 36.1 Å². The van der Waals surface area contributed by atoms with Crippen molar-refractivity contribution in [3.63, 3.8) is 0 Å². The molecule has 0 radical (unpaired) electrons. The second-order valence-corrected chi connectivity index (χ2v) is 7.10. The van der Waals surface area contributed by atoms with E-state index in [4.69, 9.17) is 4.74 Å². The molecule has 0 saturated heterocycles. The molecule has 0 aliphatic rings. The largest absolute Gasteiger partial charge is 0.426 e. The minimum Gasteiger partial charge on any atom is -0.426 e. The van der Waals surface area contributed by atoms with E-state index in [2.05, 4.69) is 23.8 Å². The van der Waals surface area contributed by atoms with Crippen LogP contribution in [0.3, 0.4) is 0 Å². The number of halogens is 5. The van der Waals surface area contributed by atoms with Crippen molar-refractivity contribution >= 4 is 5.97 Å². The number of aryl methyl sites for hydroxylation is 1. The zero-order chi connectivity index (χ0) is 24.0. The molecule has 33 heavy (non-hydrogen) atoms. The summed E-state index contributed by atoms with van der Waals surface area (Å²) in [5.41, 5.74) is 2.87. The van der Waals surface area contributed by atoms with Crippen molar-refractivity contribution in [2.24, 2.45) is 0 Å². The molecule has 0 aliphatic heterocycles. The number of carbonyl (C=O) groups is 1. The van der Waals surface area contributed by atoms with E-state index >= 15 is 0 Å². The third kappa shape index (κ3) is 6.65. The number of esters is 1. The first-order valence-corrected chi connectivity index (χ1v) is 9.98. The molecule has 0 bridgehead atoms. The van der Waals surface area contributed by atoms with E-state index in [0.29, 0.717) is 6.07 Å². The van der Waals surface area contributed by atoms with Crippen molar-refractivity contribution in [1.82, 2.24) is 0 Å². The number of benzene rings is 3. The molecule has 0 N–H and O–H groups in total. The third-order valence-electron chi connectivity index (χ3n) is 4.58. The molecule has 0 atom stereocenters. The summed E-state index contributed by atoms with van der Waals surface area (Å²) < 4.78 is 73.8. The summed E-state index contributed by atoms with van der Waals surface area (Å²) in [5.74, 6) is -3.07. The maximum Gasteiger partial charge on any atom is 0.425 e. The molecule has 0 amide bonds. The molecular weight excluding hydrogens is 443 g/mol. The summed E-state index contributed by atoms with van der Waals surface area (Å²) in [7, 11) is 0. The van der Waals surface area contributed by atoms with E-state index < -0.39 is 35.8 Å². The lowest BCUT2D eigenvalue weighted by Gasteiger charge is -2.14. The fourth-order valence-electron chi connectivity index (χ4n) is 3.05. The first kappa shape index (κ1) is 24.0. The summed E-state index contributed by atoms with van der Waals surface area (Å²) in [5, 5.41) is 0. The topological polar surface area (TPSA) is 35.5 Å². The van der Waals surface area contributed by atoms with Gasteiger partial charge in [-0.3, -0.25) is 0 Å². The van der Waals surface area contributed by atoms with E-state index in [9.17, 15) is 26.7 Å². The number of hydrogen-bond donors (Lipinski definition) is 0.